The Morgan fingerprint density at radius 3 is 2.64 bits per heavy atom. The monoisotopic (exact) mass is 373 g/mol. The molecule has 0 saturated carbocycles. The zero-order valence-electron chi connectivity index (χ0n) is 13.4. The number of carbonyl (C=O) groups is 2. The molecule has 1 aromatic carbocycles. The largest absolute Gasteiger partial charge is 0.480 e. The second kappa shape index (κ2) is 7.25. The molecule has 1 aliphatic heterocycles. The third-order valence-electron chi connectivity index (χ3n) is 3.71. The van der Waals surface area contributed by atoms with Crippen LogP contribution < -0.4 is 0 Å². The Hall–Kier alpha value is -2.38. The van der Waals surface area contributed by atoms with Gasteiger partial charge in [0.25, 0.3) is 5.91 Å². The molecule has 0 atom stereocenters. The molecule has 1 N–H and O–H groups in total. The molecule has 1 amide bonds. The molecule has 0 radical (unpaired) electrons. The van der Waals surface area contributed by atoms with Crippen LogP contribution in [0.3, 0.4) is 0 Å². The number of hydrogen-bond acceptors (Lipinski definition) is 5. The van der Waals surface area contributed by atoms with Crippen molar-refractivity contribution >= 4 is 46.3 Å². The zero-order valence-corrected chi connectivity index (χ0v) is 15.0. The van der Waals surface area contributed by atoms with E-state index < -0.39 is 18.4 Å². The van der Waals surface area contributed by atoms with E-state index in [1.54, 1.807) is 12.1 Å². The van der Waals surface area contributed by atoms with Gasteiger partial charge in [-0.3, -0.25) is 14.5 Å². The van der Waals surface area contributed by atoms with Gasteiger partial charge in [-0.05, 0) is 24.1 Å². The number of rotatable bonds is 5. The summed E-state index contributed by atoms with van der Waals surface area (Å²) in [6.07, 6.45) is 2.56. The van der Waals surface area contributed by atoms with Gasteiger partial charge in [-0.15, -0.1) is 0 Å². The van der Waals surface area contributed by atoms with Crippen LogP contribution in [0.4, 0.5) is 0 Å². The van der Waals surface area contributed by atoms with E-state index in [0.29, 0.717) is 16.4 Å². The maximum Gasteiger partial charge on any atom is 0.323 e. The van der Waals surface area contributed by atoms with E-state index >= 15 is 0 Å². The Morgan fingerprint density at radius 2 is 2.00 bits per heavy atom. The number of aliphatic carboxylic acids is 1. The Labute approximate surface area is 154 Å². The molecular weight excluding hydrogens is 358 g/mol. The molecule has 0 aliphatic carbocycles. The second-order valence-electron chi connectivity index (χ2n) is 5.41. The van der Waals surface area contributed by atoms with Crippen molar-refractivity contribution in [1.29, 1.82) is 0 Å². The maximum atomic E-state index is 12.2. The number of carboxylic acid groups (broad SMARTS) is 1. The van der Waals surface area contributed by atoms with Gasteiger partial charge in [0, 0.05) is 11.6 Å². The molecule has 128 valence electrons. The molecule has 1 aliphatic rings. The Bertz CT molecular complexity index is 867. The summed E-state index contributed by atoms with van der Waals surface area (Å²) in [5.41, 5.74) is 2.20. The average molecular weight is 373 g/mol. The van der Waals surface area contributed by atoms with Crippen LogP contribution in [-0.4, -0.2) is 32.7 Å². The van der Waals surface area contributed by atoms with Gasteiger partial charge < -0.3 is 9.52 Å². The number of benzene rings is 1. The van der Waals surface area contributed by atoms with Crippen molar-refractivity contribution in [2.75, 3.05) is 6.54 Å². The fourth-order valence-electron chi connectivity index (χ4n) is 2.39. The number of amides is 1. The summed E-state index contributed by atoms with van der Waals surface area (Å²) in [5, 5.41) is 8.85. The molecule has 2 aromatic rings. The van der Waals surface area contributed by atoms with E-state index in [2.05, 4.69) is 19.1 Å². The van der Waals surface area contributed by atoms with Gasteiger partial charge in [0.05, 0.1) is 4.91 Å². The number of aryl methyl sites for hydroxylation is 1. The van der Waals surface area contributed by atoms with E-state index in [0.717, 1.165) is 28.6 Å². The van der Waals surface area contributed by atoms with Gasteiger partial charge >= 0.3 is 5.97 Å². The Balaban J connectivity index is 1.80. The predicted octanol–water partition coefficient (Wildman–Crippen LogP) is 3.79. The normalized spacial score (nSPS) is 16.0. The fraction of sp³-hybridized carbons (Fsp3) is 0.167. The number of carboxylic acids is 1. The molecule has 25 heavy (non-hydrogen) atoms. The standard InChI is InChI=1S/C18H15NO4S2/c1-2-11-3-5-12(6-4-11)14-8-7-13(23-14)9-15-17(22)19(10-16(20)21)18(24)25-15/h3-9H,2,10H2,1H3,(H,20,21)/b15-9+. The molecule has 0 bridgehead atoms. The minimum atomic E-state index is -1.10. The molecule has 1 aromatic heterocycles. The van der Waals surface area contributed by atoms with Crippen LogP contribution in [0.5, 0.6) is 0 Å². The number of hydrogen-bond donors (Lipinski definition) is 1. The van der Waals surface area contributed by atoms with Gasteiger partial charge in [0.15, 0.2) is 0 Å². The quantitative estimate of drug-likeness (QED) is 0.635. The highest BCUT2D eigenvalue weighted by Crippen LogP contribution is 2.33. The van der Waals surface area contributed by atoms with E-state index in [1.807, 2.05) is 18.2 Å². The van der Waals surface area contributed by atoms with Crippen molar-refractivity contribution < 1.29 is 19.1 Å². The Kier molecular flexibility index (Phi) is 5.06. The number of thiocarbonyl (C=S) groups is 1. The lowest BCUT2D eigenvalue weighted by atomic mass is 10.1. The number of thioether (sulfide) groups is 1. The highest BCUT2D eigenvalue weighted by Gasteiger charge is 2.33. The van der Waals surface area contributed by atoms with Crippen LogP contribution in [-0.2, 0) is 16.0 Å². The first-order chi connectivity index (χ1) is 12.0. The number of nitrogens with zero attached hydrogens (tertiary/aromatic N) is 1. The van der Waals surface area contributed by atoms with Crippen LogP contribution in [0.1, 0.15) is 18.2 Å². The lowest BCUT2D eigenvalue weighted by Gasteiger charge is -2.09. The third-order valence-corrected chi connectivity index (χ3v) is 5.09. The first-order valence-electron chi connectivity index (χ1n) is 7.64. The minimum Gasteiger partial charge on any atom is -0.480 e. The maximum absolute atomic E-state index is 12.2. The smallest absolute Gasteiger partial charge is 0.323 e. The highest BCUT2D eigenvalue weighted by molar-refractivity contribution is 8.26. The van der Waals surface area contributed by atoms with Gasteiger partial charge in [0.1, 0.15) is 22.4 Å². The summed E-state index contributed by atoms with van der Waals surface area (Å²) in [7, 11) is 0. The highest BCUT2D eigenvalue weighted by atomic mass is 32.2. The SMILES string of the molecule is CCc1ccc(-c2ccc(/C=C3/SC(=S)N(CC(=O)O)C3=O)o2)cc1. The van der Waals surface area contributed by atoms with Crippen molar-refractivity contribution in [3.8, 4) is 11.3 Å². The molecule has 1 saturated heterocycles. The summed E-state index contributed by atoms with van der Waals surface area (Å²) >= 11 is 6.14. The third kappa shape index (κ3) is 3.83. The molecule has 3 rings (SSSR count). The molecule has 2 heterocycles. The molecule has 5 nitrogen and oxygen atoms in total. The van der Waals surface area contributed by atoms with Crippen LogP contribution in [0.2, 0.25) is 0 Å². The molecular formula is C18H15NO4S2. The van der Waals surface area contributed by atoms with Crippen molar-refractivity contribution in [2.24, 2.45) is 0 Å². The summed E-state index contributed by atoms with van der Waals surface area (Å²) < 4.78 is 6.02. The van der Waals surface area contributed by atoms with Crippen LogP contribution in [0.25, 0.3) is 17.4 Å². The van der Waals surface area contributed by atoms with Crippen molar-refractivity contribution in [3.05, 3.63) is 52.6 Å². The summed E-state index contributed by atoms with van der Waals surface area (Å²) in [6.45, 7) is 1.66. The molecule has 0 unspecified atom stereocenters. The summed E-state index contributed by atoms with van der Waals surface area (Å²) in [6, 6.07) is 11.7. The molecule has 1 fully saturated rings. The Morgan fingerprint density at radius 1 is 1.28 bits per heavy atom. The first-order valence-corrected chi connectivity index (χ1v) is 8.86. The van der Waals surface area contributed by atoms with E-state index in [-0.39, 0.29) is 4.32 Å². The lowest BCUT2D eigenvalue weighted by molar-refractivity contribution is -0.140. The van der Waals surface area contributed by atoms with Crippen molar-refractivity contribution in [3.63, 3.8) is 0 Å². The zero-order chi connectivity index (χ0) is 18.0. The lowest BCUT2D eigenvalue weighted by Crippen LogP contribution is -2.33. The van der Waals surface area contributed by atoms with Crippen LogP contribution in [0, 0.1) is 0 Å². The second-order valence-corrected chi connectivity index (χ2v) is 7.09. The topological polar surface area (TPSA) is 70.8 Å². The van der Waals surface area contributed by atoms with Gasteiger partial charge in [-0.2, -0.15) is 0 Å². The van der Waals surface area contributed by atoms with E-state index in [4.69, 9.17) is 21.7 Å². The summed E-state index contributed by atoms with van der Waals surface area (Å²) in [4.78, 5) is 24.5. The minimum absolute atomic E-state index is 0.237. The van der Waals surface area contributed by atoms with E-state index in [1.165, 1.54) is 5.56 Å². The van der Waals surface area contributed by atoms with Gasteiger partial charge in [-0.25, -0.2) is 0 Å². The van der Waals surface area contributed by atoms with Gasteiger partial charge in [0.2, 0.25) is 0 Å². The van der Waals surface area contributed by atoms with Gasteiger partial charge in [-0.1, -0.05) is 55.2 Å². The molecule has 0 spiro atoms. The van der Waals surface area contributed by atoms with Crippen LogP contribution in [0.15, 0.2) is 45.7 Å². The number of carbonyl (C=O) groups excluding carboxylic acids is 1. The van der Waals surface area contributed by atoms with Crippen LogP contribution >= 0.6 is 24.0 Å². The fourth-order valence-corrected chi connectivity index (χ4v) is 3.63. The number of furan rings is 1. The van der Waals surface area contributed by atoms with Crippen molar-refractivity contribution in [1.82, 2.24) is 4.90 Å². The first kappa shape index (κ1) is 17.4. The van der Waals surface area contributed by atoms with Crippen molar-refractivity contribution in [2.45, 2.75) is 13.3 Å². The summed E-state index contributed by atoms with van der Waals surface area (Å²) in [5.74, 6) is -0.295. The predicted molar refractivity (Wildman–Crippen MR) is 101 cm³/mol. The molecule has 7 heteroatoms. The average Bonchev–Trinajstić information content (AvgIpc) is 3.15. The van der Waals surface area contributed by atoms with E-state index in [9.17, 15) is 9.59 Å².